The molecule has 5 atom stereocenters. The van der Waals surface area contributed by atoms with Crippen LogP contribution in [0.1, 0.15) is 46.6 Å². The van der Waals surface area contributed by atoms with Crippen molar-refractivity contribution in [2.75, 3.05) is 0 Å². The van der Waals surface area contributed by atoms with Gasteiger partial charge in [0, 0.05) is 6.42 Å². The minimum atomic E-state index is -1.42. The molecule has 7 N–H and O–H groups in total. The van der Waals surface area contributed by atoms with Crippen LogP contribution >= 0.6 is 0 Å². The predicted molar refractivity (Wildman–Crippen MR) is 128 cm³/mol. The monoisotopic (exact) mass is 478 g/mol. The fourth-order valence-corrected chi connectivity index (χ4v) is 3.24. The highest BCUT2D eigenvalue weighted by molar-refractivity contribution is 5.94. The number of carboxylic acids is 1. The standard InChI is InChI=1S/C24H38N4O6/c1-13(2)11-17(26-22(31)19(25)14(3)4)21(30)28-20(15(5)29)23(32)27-18(24(33)34)12-16-9-7-6-8-10-16/h6-10,13-15,17-20,29H,11-12,25H2,1-5H3,(H,26,31)(H,27,32)(H,28,30)(H,33,34). The van der Waals surface area contributed by atoms with Crippen molar-refractivity contribution in [1.29, 1.82) is 0 Å². The van der Waals surface area contributed by atoms with Crippen molar-refractivity contribution < 1.29 is 29.4 Å². The Morgan fingerprint density at radius 1 is 0.853 bits per heavy atom. The molecule has 0 bridgehead atoms. The molecule has 1 aromatic carbocycles. The number of hydrogen-bond acceptors (Lipinski definition) is 6. The third-order valence-corrected chi connectivity index (χ3v) is 5.32. The predicted octanol–water partition coefficient (Wildman–Crippen LogP) is 0.178. The largest absolute Gasteiger partial charge is 0.480 e. The summed E-state index contributed by atoms with van der Waals surface area (Å²) in [6, 6.07) is 4.29. The summed E-state index contributed by atoms with van der Waals surface area (Å²) < 4.78 is 0. The molecule has 1 aromatic rings. The van der Waals surface area contributed by atoms with Gasteiger partial charge in [-0.2, -0.15) is 0 Å². The summed E-state index contributed by atoms with van der Waals surface area (Å²) >= 11 is 0. The van der Waals surface area contributed by atoms with Crippen molar-refractivity contribution >= 4 is 23.7 Å². The van der Waals surface area contributed by atoms with E-state index >= 15 is 0 Å². The zero-order valence-corrected chi connectivity index (χ0v) is 20.4. The van der Waals surface area contributed by atoms with Gasteiger partial charge in [-0.1, -0.05) is 58.0 Å². The SMILES string of the molecule is CC(C)CC(NC(=O)C(N)C(C)C)C(=O)NC(C(=O)NC(Cc1ccccc1)C(=O)O)C(C)O. The normalized spacial score (nSPS) is 15.7. The average Bonchev–Trinajstić information content (AvgIpc) is 2.75. The van der Waals surface area contributed by atoms with Crippen LogP contribution in [0.2, 0.25) is 0 Å². The smallest absolute Gasteiger partial charge is 0.326 e. The molecule has 10 nitrogen and oxygen atoms in total. The maximum Gasteiger partial charge on any atom is 0.326 e. The number of benzene rings is 1. The highest BCUT2D eigenvalue weighted by Gasteiger charge is 2.33. The Labute approximate surface area is 200 Å². The van der Waals surface area contributed by atoms with Gasteiger partial charge in [0.25, 0.3) is 0 Å². The van der Waals surface area contributed by atoms with Crippen LogP contribution in [0.15, 0.2) is 30.3 Å². The third-order valence-electron chi connectivity index (χ3n) is 5.32. The summed E-state index contributed by atoms with van der Waals surface area (Å²) in [7, 11) is 0. The highest BCUT2D eigenvalue weighted by atomic mass is 16.4. The summed E-state index contributed by atoms with van der Waals surface area (Å²) in [5.74, 6) is -3.37. The third kappa shape index (κ3) is 9.48. The van der Waals surface area contributed by atoms with Crippen molar-refractivity contribution in [3.05, 3.63) is 35.9 Å². The second kappa shape index (κ2) is 13.7. The van der Waals surface area contributed by atoms with Gasteiger partial charge in [-0.3, -0.25) is 14.4 Å². The number of aliphatic hydroxyl groups excluding tert-OH is 1. The van der Waals surface area contributed by atoms with E-state index in [9.17, 15) is 29.4 Å². The van der Waals surface area contributed by atoms with Crippen molar-refractivity contribution in [1.82, 2.24) is 16.0 Å². The van der Waals surface area contributed by atoms with Crippen LogP contribution in [0.25, 0.3) is 0 Å². The Kier molecular flexibility index (Phi) is 11.7. The topological polar surface area (TPSA) is 171 Å². The van der Waals surface area contributed by atoms with Gasteiger partial charge in [-0.15, -0.1) is 0 Å². The fourth-order valence-electron chi connectivity index (χ4n) is 3.24. The molecule has 5 unspecified atom stereocenters. The van der Waals surface area contributed by atoms with E-state index in [4.69, 9.17) is 5.73 Å². The molecule has 1 rings (SSSR count). The molecule has 0 saturated heterocycles. The lowest BCUT2D eigenvalue weighted by Gasteiger charge is -2.27. The Hall–Kier alpha value is -2.98. The fraction of sp³-hybridized carbons (Fsp3) is 0.583. The van der Waals surface area contributed by atoms with Crippen LogP contribution in [0.3, 0.4) is 0 Å². The first-order valence-corrected chi connectivity index (χ1v) is 11.4. The molecular weight excluding hydrogens is 440 g/mol. The van der Waals surface area contributed by atoms with Crippen molar-refractivity contribution in [2.45, 2.75) is 77.7 Å². The van der Waals surface area contributed by atoms with Gasteiger partial charge in [0.05, 0.1) is 12.1 Å². The molecule has 0 aliphatic heterocycles. The molecule has 0 saturated carbocycles. The number of carbonyl (C=O) groups is 4. The second-order valence-corrected chi connectivity index (χ2v) is 9.28. The molecule has 0 spiro atoms. The quantitative estimate of drug-likeness (QED) is 0.235. The van der Waals surface area contributed by atoms with Crippen molar-refractivity contribution in [3.8, 4) is 0 Å². The van der Waals surface area contributed by atoms with E-state index in [1.165, 1.54) is 6.92 Å². The molecule has 0 heterocycles. The Bertz CT molecular complexity index is 828. The summed E-state index contributed by atoms with van der Waals surface area (Å²) in [6.45, 7) is 8.61. The molecule has 3 amide bonds. The maximum absolute atomic E-state index is 13.0. The summed E-state index contributed by atoms with van der Waals surface area (Å²) in [4.78, 5) is 49.9. The molecule has 0 aliphatic carbocycles. The Morgan fingerprint density at radius 2 is 1.41 bits per heavy atom. The molecule has 190 valence electrons. The Balaban J connectivity index is 2.96. The van der Waals surface area contributed by atoms with Crippen LogP contribution < -0.4 is 21.7 Å². The van der Waals surface area contributed by atoms with Crippen LogP contribution in [-0.4, -0.2) is 64.2 Å². The summed E-state index contributed by atoms with van der Waals surface area (Å²) in [5.41, 5.74) is 6.58. The molecular formula is C24H38N4O6. The lowest BCUT2D eigenvalue weighted by molar-refractivity contribution is -0.143. The van der Waals surface area contributed by atoms with Gasteiger partial charge in [0.2, 0.25) is 17.7 Å². The highest BCUT2D eigenvalue weighted by Crippen LogP contribution is 2.09. The molecule has 0 fully saturated rings. The number of amides is 3. The number of aliphatic carboxylic acids is 1. The van der Waals surface area contributed by atoms with Gasteiger partial charge in [0.1, 0.15) is 18.1 Å². The molecule has 0 aliphatic rings. The first-order chi connectivity index (χ1) is 15.8. The number of aliphatic hydroxyl groups is 1. The average molecular weight is 479 g/mol. The van der Waals surface area contributed by atoms with Crippen LogP contribution in [0, 0.1) is 11.8 Å². The van der Waals surface area contributed by atoms with E-state index in [1.807, 2.05) is 13.8 Å². The molecule has 10 heteroatoms. The number of carbonyl (C=O) groups excluding carboxylic acids is 3. The molecule has 0 radical (unpaired) electrons. The first kappa shape index (κ1) is 29.1. The van der Waals surface area contributed by atoms with Gasteiger partial charge in [0.15, 0.2) is 0 Å². The maximum atomic E-state index is 13.0. The van der Waals surface area contributed by atoms with Crippen LogP contribution in [0.4, 0.5) is 0 Å². The van der Waals surface area contributed by atoms with Crippen molar-refractivity contribution in [2.24, 2.45) is 17.6 Å². The van der Waals surface area contributed by atoms with Crippen LogP contribution in [-0.2, 0) is 25.6 Å². The number of nitrogens with two attached hydrogens (primary N) is 1. The van der Waals surface area contributed by atoms with E-state index < -0.39 is 54.0 Å². The minimum absolute atomic E-state index is 0.0293. The lowest BCUT2D eigenvalue weighted by Crippen LogP contribution is -2.60. The molecule has 34 heavy (non-hydrogen) atoms. The van der Waals surface area contributed by atoms with E-state index in [1.54, 1.807) is 44.2 Å². The van der Waals surface area contributed by atoms with E-state index in [-0.39, 0.29) is 24.7 Å². The van der Waals surface area contributed by atoms with E-state index in [0.29, 0.717) is 5.56 Å². The first-order valence-electron chi connectivity index (χ1n) is 11.4. The zero-order valence-electron chi connectivity index (χ0n) is 20.4. The number of carboxylic acid groups (broad SMARTS) is 1. The van der Waals surface area contributed by atoms with E-state index in [0.717, 1.165) is 0 Å². The van der Waals surface area contributed by atoms with Crippen molar-refractivity contribution in [3.63, 3.8) is 0 Å². The van der Waals surface area contributed by atoms with Gasteiger partial charge < -0.3 is 31.9 Å². The van der Waals surface area contributed by atoms with Crippen LogP contribution in [0.5, 0.6) is 0 Å². The van der Waals surface area contributed by atoms with Gasteiger partial charge >= 0.3 is 5.97 Å². The number of rotatable bonds is 13. The summed E-state index contributed by atoms with van der Waals surface area (Å²) in [6.07, 6.45) is -1.01. The zero-order chi connectivity index (χ0) is 26.0. The van der Waals surface area contributed by atoms with Gasteiger partial charge in [-0.25, -0.2) is 4.79 Å². The molecule has 0 aromatic heterocycles. The van der Waals surface area contributed by atoms with Gasteiger partial charge in [-0.05, 0) is 30.7 Å². The summed E-state index contributed by atoms with van der Waals surface area (Å²) in [5, 5.41) is 27.2. The number of hydrogen-bond donors (Lipinski definition) is 6. The van der Waals surface area contributed by atoms with E-state index in [2.05, 4.69) is 16.0 Å². The Morgan fingerprint density at radius 3 is 1.88 bits per heavy atom. The number of nitrogens with one attached hydrogen (secondary N) is 3. The second-order valence-electron chi connectivity index (χ2n) is 9.28. The minimum Gasteiger partial charge on any atom is -0.480 e. The lowest BCUT2D eigenvalue weighted by atomic mass is 10.00.